The molecule has 5 heteroatoms. The van der Waals surface area contributed by atoms with Gasteiger partial charge in [-0.2, -0.15) is 0 Å². The molecule has 3 atom stereocenters. The number of hydrogen-bond donors (Lipinski definition) is 1. The molecule has 1 rings (SSSR count). The van der Waals surface area contributed by atoms with Gasteiger partial charge in [-0.15, -0.1) is 0 Å². The molecule has 1 fully saturated rings. The number of hydrogen-bond acceptors (Lipinski definition) is 3. The van der Waals surface area contributed by atoms with Crippen molar-refractivity contribution in [1.82, 2.24) is 4.31 Å². The lowest BCUT2D eigenvalue weighted by Crippen LogP contribution is -2.45. The summed E-state index contributed by atoms with van der Waals surface area (Å²) in [5.41, 5.74) is 1.57. The van der Waals surface area contributed by atoms with Crippen LogP contribution in [0, 0.1) is 5.92 Å². The van der Waals surface area contributed by atoms with Crippen molar-refractivity contribution in [3.63, 3.8) is 0 Å². The average molecular weight is 256 g/mol. The van der Waals surface area contributed by atoms with E-state index in [9.17, 15) is 13.9 Å². The van der Waals surface area contributed by atoms with Crippen molar-refractivity contribution in [2.24, 2.45) is 5.92 Å². The van der Waals surface area contributed by atoms with Gasteiger partial charge < -0.3 is 9.66 Å². The molecule has 0 aromatic heterocycles. The molecule has 0 amide bonds. The molecular formula is C12H18NO3S-. The van der Waals surface area contributed by atoms with Crippen LogP contribution in [0.5, 0.6) is 0 Å². The number of piperidine rings is 1. The lowest BCUT2D eigenvalue weighted by Gasteiger charge is -2.43. The highest BCUT2D eigenvalue weighted by Crippen LogP contribution is 2.35. The molecule has 1 N–H and O–H groups in total. The van der Waals surface area contributed by atoms with Gasteiger partial charge in [-0.05, 0) is 25.8 Å². The number of nitrogens with zero attached hydrogens (tertiary/aromatic N) is 1. The molecule has 1 unspecified atom stereocenters. The van der Waals surface area contributed by atoms with Crippen LogP contribution < -0.4 is 0 Å². The Morgan fingerprint density at radius 2 is 2.35 bits per heavy atom. The number of aliphatic hydroxyl groups is 1. The molecule has 0 spiro atoms. The molecule has 0 bridgehead atoms. The molecule has 1 heterocycles. The SMILES string of the molecule is C=C/C=C1/C[C@@H](CO)[C@@H](C)N(S(=O)[O-])/C1=C/C. The van der Waals surface area contributed by atoms with Crippen molar-refractivity contribution in [2.45, 2.75) is 26.3 Å². The minimum Gasteiger partial charge on any atom is -0.755 e. The topological polar surface area (TPSA) is 63.6 Å². The Balaban J connectivity index is 3.19. The molecule has 0 saturated carbocycles. The minimum atomic E-state index is -2.33. The van der Waals surface area contributed by atoms with Crippen LogP contribution in [0.15, 0.2) is 36.1 Å². The zero-order valence-electron chi connectivity index (χ0n) is 10.1. The van der Waals surface area contributed by atoms with Gasteiger partial charge in [0.2, 0.25) is 0 Å². The molecule has 17 heavy (non-hydrogen) atoms. The highest BCUT2D eigenvalue weighted by atomic mass is 32.2. The van der Waals surface area contributed by atoms with E-state index in [1.807, 2.05) is 6.92 Å². The fraction of sp³-hybridized carbons (Fsp3) is 0.500. The van der Waals surface area contributed by atoms with Gasteiger partial charge in [0.1, 0.15) is 0 Å². The van der Waals surface area contributed by atoms with E-state index < -0.39 is 11.3 Å². The van der Waals surface area contributed by atoms with Gasteiger partial charge in [0, 0.05) is 35.5 Å². The van der Waals surface area contributed by atoms with Crippen LogP contribution in [0.1, 0.15) is 20.3 Å². The van der Waals surface area contributed by atoms with Crippen molar-refractivity contribution in [3.05, 3.63) is 36.1 Å². The zero-order chi connectivity index (χ0) is 13.0. The van der Waals surface area contributed by atoms with Crippen LogP contribution in [0.25, 0.3) is 0 Å². The third kappa shape index (κ3) is 2.86. The molecular weight excluding hydrogens is 238 g/mol. The summed E-state index contributed by atoms with van der Waals surface area (Å²) in [5.74, 6) is -0.0807. The molecule has 0 aromatic rings. The maximum absolute atomic E-state index is 11.3. The Morgan fingerprint density at radius 1 is 1.71 bits per heavy atom. The lowest BCUT2D eigenvalue weighted by atomic mass is 9.87. The molecule has 96 valence electrons. The van der Waals surface area contributed by atoms with Gasteiger partial charge in [0.15, 0.2) is 0 Å². The van der Waals surface area contributed by atoms with Crippen LogP contribution in [0.2, 0.25) is 0 Å². The zero-order valence-corrected chi connectivity index (χ0v) is 10.9. The maximum Gasteiger partial charge on any atom is 0.0482 e. The van der Waals surface area contributed by atoms with Crippen molar-refractivity contribution in [3.8, 4) is 0 Å². The molecule has 1 saturated heterocycles. The van der Waals surface area contributed by atoms with Crippen LogP contribution >= 0.6 is 0 Å². The fourth-order valence-electron chi connectivity index (χ4n) is 2.15. The Morgan fingerprint density at radius 3 is 2.76 bits per heavy atom. The summed E-state index contributed by atoms with van der Waals surface area (Å²) in [5, 5.41) is 9.31. The first-order valence-corrected chi connectivity index (χ1v) is 6.57. The van der Waals surface area contributed by atoms with Crippen molar-refractivity contribution in [1.29, 1.82) is 0 Å². The fourth-order valence-corrected chi connectivity index (χ4v) is 2.98. The Bertz CT molecular complexity index is 376. The summed E-state index contributed by atoms with van der Waals surface area (Å²) in [7, 11) is 0. The molecule has 0 aliphatic carbocycles. The van der Waals surface area contributed by atoms with E-state index in [2.05, 4.69) is 6.58 Å². The Hall–Kier alpha value is -0.910. The monoisotopic (exact) mass is 256 g/mol. The van der Waals surface area contributed by atoms with Gasteiger partial charge in [-0.1, -0.05) is 24.8 Å². The second-order valence-electron chi connectivity index (χ2n) is 4.03. The molecule has 0 radical (unpaired) electrons. The second-order valence-corrected chi connectivity index (χ2v) is 4.86. The third-order valence-electron chi connectivity index (χ3n) is 3.09. The van der Waals surface area contributed by atoms with Gasteiger partial charge in [0.25, 0.3) is 0 Å². The summed E-state index contributed by atoms with van der Waals surface area (Å²) in [6.07, 6.45) is 5.87. The summed E-state index contributed by atoms with van der Waals surface area (Å²) < 4.78 is 23.9. The lowest BCUT2D eigenvalue weighted by molar-refractivity contribution is 0.155. The van der Waals surface area contributed by atoms with E-state index in [1.165, 1.54) is 4.31 Å². The quantitative estimate of drug-likeness (QED) is 0.778. The van der Waals surface area contributed by atoms with Crippen molar-refractivity contribution < 1.29 is 13.9 Å². The van der Waals surface area contributed by atoms with E-state index in [4.69, 9.17) is 0 Å². The van der Waals surface area contributed by atoms with Crippen molar-refractivity contribution >= 4 is 11.3 Å². The van der Waals surface area contributed by atoms with Crippen LogP contribution in [0.3, 0.4) is 0 Å². The number of allylic oxidation sites excluding steroid dienone is 4. The Kier molecular flexibility index (Phi) is 5.11. The van der Waals surface area contributed by atoms with Gasteiger partial charge >= 0.3 is 0 Å². The second kappa shape index (κ2) is 6.14. The predicted octanol–water partition coefficient (Wildman–Crippen LogP) is 1.50. The summed E-state index contributed by atoms with van der Waals surface area (Å²) in [6.45, 7) is 7.21. The highest BCUT2D eigenvalue weighted by molar-refractivity contribution is 7.76. The minimum absolute atomic E-state index is 0.0274. The van der Waals surface area contributed by atoms with Crippen LogP contribution in [0.4, 0.5) is 0 Å². The van der Waals surface area contributed by atoms with Crippen LogP contribution in [-0.2, 0) is 11.3 Å². The summed E-state index contributed by atoms with van der Waals surface area (Å²) >= 11 is -2.33. The molecule has 1 aliphatic rings. The number of rotatable bonds is 3. The van der Waals surface area contributed by atoms with Gasteiger partial charge in [-0.25, -0.2) is 0 Å². The maximum atomic E-state index is 11.3. The van der Waals surface area contributed by atoms with E-state index in [1.54, 1.807) is 25.2 Å². The first kappa shape index (κ1) is 14.2. The Labute approximate surface area is 105 Å². The summed E-state index contributed by atoms with van der Waals surface area (Å²) in [6, 6.07) is -0.230. The van der Waals surface area contributed by atoms with E-state index >= 15 is 0 Å². The smallest absolute Gasteiger partial charge is 0.0482 e. The predicted molar refractivity (Wildman–Crippen MR) is 67.5 cm³/mol. The molecule has 0 aromatic carbocycles. The van der Waals surface area contributed by atoms with E-state index in [0.29, 0.717) is 12.1 Å². The van der Waals surface area contributed by atoms with Crippen LogP contribution in [-0.4, -0.2) is 30.8 Å². The van der Waals surface area contributed by atoms with E-state index in [0.717, 1.165) is 5.57 Å². The van der Waals surface area contributed by atoms with Gasteiger partial charge in [0.05, 0.1) is 0 Å². The average Bonchev–Trinajstić information content (AvgIpc) is 2.30. The summed E-state index contributed by atoms with van der Waals surface area (Å²) in [4.78, 5) is 0. The number of aliphatic hydroxyl groups excluding tert-OH is 1. The molecule has 4 nitrogen and oxygen atoms in total. The molecule has 1 aliphatic heterocycles. The first-order valence-electron chi connectivity index (χ1n) is 5.54. The van der Waals surface area contributed by atoms with Gasteiger partial charge in [-0.3, -0.25) is 8.51 Å². The van der Waals surface area contributed by atoms with Crippen molar-refractivity contribution in [2.75, 3.05) is 6.61 Å². The largest absolute Gasteiger partial charge is 0.755 e. The van der Waals surface area contributed by atoms with E-state index in [-0.39, 0.29) is 18.6 Å². The highest BCUT2D eigenvalue weighted by Gasteiger charge is 2.33. The third-order valence-corrected chi connectivity index (χ3v) is 3.94. The first-order chi connectivity index (χ1) is 8.06. The normalized spacial score (nSPS) is 31.9. The standard InChI is InChI=1S/C12H19NO3S/c1-4-6-10-7-11(8-14)9(3)13(17(15)16)12(10)5-2/h4-6,9,11,14H,1,7-8H2,2-3H3,(H,15,16)/p-1/b10-6-,12-5+/t9-,11+/m1/s1.